The van der Waals surface area contributed by atoms with E-state index in [1.54, 1.807) is 24.3 Å². The highest BCUT2D eigenvalue weighted by Gasteiger charge is 2.35. The van der Waals surface area contributed by atoms with Crippen LogP contribution in [0.2, 0.25) is 5.02 Å². The summed E-state index contributed by atoms with van der Waals surface area (Å²) < 4.78 is 13.0. The molecule has 2 amide bonds. The van der Waals surface area contributed by atoms with Crippen LogP contribution >= 0.6 is 11.6 Å². The molecular weight excluding hydrogens is 319 g/mol. The molecule has 4 nitrogen and oxygen atoms in total. The lowest BCUT2D eigenvalue weighted by molar-refractivity contribution is -0.128. The van der Waals surface area contributed by atoms with Gasteiger partial charge in [0.05, 0.1) is 0 Å². The fraction of sp³-hybridized carbons (Fsp3) is 0.176. The third kappa shape index (κ3) is 3.05. The number of piperazine rings is 1. The molecule has 0 saturated carbocycles. The molecule has 0 spiro atoms. The zero-order valence-electron chi connectivity index (χ0n) is 12.1. The fourth-order valence-electron chi connectivity index (χ4n) is 2.65. The first-order valence-corrected chi connectivity index (χ1v) is 7.54. The van der Waals surface area contributed by atoms with Crippen molar-refractivity contribution in [3.05, 3.63) is 70.5 Å². The Labute approximate surface area is 137 Å². The summed E-state index contributed by atoms with van der Waals surface area (Å²) in [5.41, 5.74) is 0.903. The van der Waals surface area contributed by atoms with Crippen molar-refractivity contribution in [2.75, 3.05) is 13.1 Å². The number of rotatable bonds is 2. The number of nitrogens with zero attached hydrogens (tertiary/aromatic N) is 1. The Kier molecular flexibility index (Phi) is 4.30. The Balaban J connectivity index is 1.98. The molecule has 0 radical (unpaired) electrons. The molecule has 1 heterocycles. The van der Waals surface area contributed by atoms with Gasteiger partial charge in [0.1, 0.15) is 11.9 Å². The quantitative estimate of drug-likeness (QED) is 0.919. The topological polar surface area (TPSA) is 49.4 Å². The Morgan fingerprint density at radius 1 is 1.17 bits per heavy atom. The third-order valence-corrected chi connectivity index (χ3v) is 4.11. The molecule has 6 heteroatoms. The number of hydrogen-bond acceptors (Lipinski definition) is 2. The number of halogens is 2. The Morgan fingerprint density at radius 2 is 1.87 bits per heavy atom. The van der Waals surface area contributed by atoms with Crippen LogP contribution in [0.15, 0.2) is 48.5 Å². The molecule has 1 unspecified atom stereocenters. The zero-order chi connectivity index (χ0) is 16.4. The van der Waals surface area contributed by atoms with E-state index in [1.807, 2.05) is 0 Å². The van der Waals surface area contributed by atoms with Crippen LogP contribution in [0.3, 0.4) is 0 Å². The van der Waals surface area contributed by atoms with Crippen LogP contribution in [0.25, 0.3) is 0 Å². The Hall–Kier alpha value is -2.40. The lowest BCUT2D eigenvalue weighted by Gasteiger charge is -2.35. The van der Waals surface area contributed by atoms with Crippen LogP contribution in [0.1, 0.15) is 22.0 Å². The highest BCUT2D eigenvalue weighted by molar-refractivity contribution is 6.31. The molecule has 1 aliphatic rings. The van der Waals surface area contributed by atoms with Crippen molar-refractivity contribution < 1.29 is 14.0 Å². The minimum atomic E-state index is -0.796. The predicted octanol–water partition coefficient (Wildman–Crippen LogP) is 2.79. The predicted molar refractivity (Wildman–Crippen MR) is 84.6 cm³/mol. The molecule has 0 aliphatic carbocycles. The van der Waals surface area contributed by atoms with E-state index in [2.05, 4.69) is 5.32 Å². The molecule has 1 N–H and O–H groups in total. The number of amides is 2. The number of carbonyl (C=O) groups excluding carboxylic acids is 2. The van der Waals surface area contributed by atoms with E-state index in [4.69, 9.17) is 11.6 Å². The van der Waals surface area contributed by atoms with E-state index in [0.717, 1.165) is 0 Å². The largest absolute Gasteiger partial charge is 0.352 e. The highest BCUT2D eigenvalue weighted by atomic mass is 35.5. The first kappa shape index (κ1) is 15.5. The van der Waals surface area contributed by atoms with Gasteiger partial charge in [-0.3, -0.25) is 9.59 Å². The number of nitrogens with one attached hydrogen (secondary N) is 1. The summed E-state index contributed by atoms with van der Waals surface area (Å²) in [7, 11) is 0. The van der Waals surface area contributed by atoms with Crippen LogP contribution in [0.5, 0.6) is 0 Å². The van der Waals surface area contributed by atoms with E-state index in [0.29, 0.717) is 29.2 Å². The SMILES string of the molecule is O=C1NCCN(C(=O)c2ccc(F)cc2)C1c1ccccc1Cl. The summed E-state index contributed by atoms with van der Waals surface area (Å²) in [5.74, 6) is -1.02. The summed E-state index contributed by atoms with van der Waals surface area (Å²) in [6.45, 7) is 0.727. The van der Waals surface area contributed by atoms with Crippen LogP contribution in [-0.4, -0.2) is 29.8 Å². The second-order valence-electron chi connectivity index (χ2n) is 5.22. The first-order valence-electron chi connectivity index (χ1n) is 7.16. The number of hydrogen-bond donors (Lipinski definition) is 1. The standard InChI is InChI=1S/C17H14ClFN2O2/c18-14-4-2-1-3-13(14)15-16(22)20-9-10-21(15)17(23)11-5-7-12(19)8-6-11/h1-8,15H,9-10H2,(H,20,22). The van der Waals surface area contributed by atoms with Crippen LogP contribution in [0, 0.1) is 5.82 Å². The lowest BCUT2D eigenvalue weighted by Crippen LogP contribution is -2.52. The Bertz CT molecular complexity index is 749. The van der Waals surface area contributed by atoms with Crippen LogP contribution < -0.4 is 5.32 Å². The van der Waals surface area contributed by atoms with E-state index >= 15 is 0 Å². The molecule has 2 aromatic carbocycles. The van der Waals surface area contributed by atoms with Crippen molar-refractivity contribution in [2.24, 2.45) is 0 Å². The first-order chi connectivity index (χ1) is 11.1. The Morgan fingerprint density at radius 3 is 2.57 bits per heavy atom. The monoisotopic (exact) mass is 332 g/mol. The average Bonchev–Trinajstić information content (AvgIpc) is 2.56. The van der Waals surface area contributed by atoms with Crippen molar-refractivity contribution in [2.45, 2.75) is 6.04 Å². The summed E-state index contributed by atoms with van der Waals surface area (Å²) in [5, 5.41) is 3.17. The van der Waals surface area contributed by atoms with Crippen molar-refractivity contribution in [3.8, 4) is 0 Å². The van der Waals surface area contributed by atoms with Gasteiger partial charge in [-0.25, -0.2) is 4.39 Å². The molecule has 3 rings (SSSR count). The molecule has 1 aliphatic heterocycles. The molecule has 118 valence electrons. The third-order valence-electron chi connectivity index (χ3n) is 3.76. The molecule has 0 bridgehead atoms. The minimum Gasteiger partial charge on any atom is -0.352 e. The van der Waals surface area contributed by atoms with Gasteiger partial charge in [0, 0.05) is 29.2 Å². The van der Waals surface area contributed by atoms with E-state index < -0.39 is 11.9 Å². The summed E-state index contributed by atoms with van der Waals surface area (Å²) in [6.07, 6.45) is 0. The maximum absolute atomic E-state index is 13.0. The smallest absolute Gasteiger partial charge is 0.254 e. The van der Waals surface area contributed by atoms with Gasteiger partial charge in [-0.05, 0) is 30.3 Å². The number of benzene rings is 2. The second-order valence-corrected chi connectivity index (χ2v) is 5.63. The van der Waals surface area contributed by atoms with Gasteiger partial charge in [-0.15, -0.1) is 0 Å². The maximum atomic E-state index is 13.0. The molecule has 23 heavy (non-hydrogen) atoms. The minimum absolute atomic E-state index is 0.278. The van der Waals surface area contributed by atoms with Crippen molar-refractivity contribution in [1.82, 2.24) is 10.2 Å². The van der Waals surface area contributed by atoms with Crippen LogP contribution in [-0.2, 0) is 4.79 Å². The summed E-state index contributed by atoms with van der Waals surface area (Å²) >= 11 is 6.19. The molecule has 1 fully saturated rings. The second kappa shape index (κ2) is 6.38. The number of carbonyl (C=O) groups is 2. The van der Waals surface area contributed by atoms with E-state index in [-0.39, 0.29) is 11.8 Å². The summed E-state index contributed by atoms with van der Waals surface area (Å²) in [6, 6.07) is 11.4. The van der Waals surface area contributed by atoms with Gasteiger partial charge in [0.15, 0.2) is 0 Å². The van der Waals surface area contributed by atoms with Gasteiger partial charge < -0.3 is 10.2 Å². The van der Waals surface area contributed by atoms with E-state index in [9.17, 15) is 14.0 Å². The fourth-order valence-corrected chi connectivity index (χ4v) is 2.89. The maximum Gasteiger partial charge on any atom is 0.254 e. The highest BCUT2D eigenvalue weighted by Crippen LogP contribution is 2.30. The molecular formula is C17H14ClFN2O2. The summed E-state index contributed by atoms with van der Waals surface area (Å²) in [4.78, 5) is 26.5. The van der Waals surface area contributed by atoms with Gasteiger partial charge >= 0.3 is 0 Å². The van der Waals surface area contributed by atoms with Crippen molar-refractivity contribution >= 4 is 23.4 Å². The van der Waals surface area contributed by atoms with Crippen molar-refractivity contribution in [3.63, 3.8) is 0 Å². The van der Waals surface area contributed by atoms with Gasteiger partial charge in [-0.2, -0.15) is 0 Å². The van der Waals surface area contributed by atoms with Gasteiger partial charge in [0.25, 0.3) is 5.91 Å². The van der Waals surface area contributed by atoms with Crippen LogP contribution in [0.4, 0.5) is 4.39 Å². The lowest BCUT2D eigenvalue weighted by atomic mass is 10.0. The zero-order valence-corrected chi connectivity index (χ0v) is 12.9. The van der Waals surface area contributed by atoms with E-state index in [1.165, 1.54) is 29.2 Å². The van der Waals surface area contributed by atoms with Crippen molar-refractivity contribution in [1.29, 1.82) is 0 Å². The average molecular weight is 333 g/mol. The van der Waals surface area contributed by atoms with Gasteiger partial charge in [0.2, 0.25) is 5.91 Å². The molecule has 1 saturated heterocycles. The van der Waals surface area contributed by atoms with Gasteiger partial charge in [-0.1, -0.05) is 29.8 Å². The normalized spacial score (nSPS) is 17.7. The molecule has 2 aromatic rings. The molecule has 1 atom stereocenters. The molecule has 0 aromatic heterocycles.